The molecule has 0 aliphatic heterocycles. The van der Waals surface area contributed by atoms with Crippen LogP contribution in [0.5, 0.6) is 0 Å². The summed E-state index contributed by atoms with van der Waals surface area (Å²) in [4.78, 5) is 0. The molecule has 0 amide bonds. The Balaban J connectivity index is 2.57. The monoisotopic (exact) mass is 232 g/mol. The highest BCUT2D eigenvalue weighted by molar-refractivity contribution is 8.06. The molecule has 0 bridgehead atoms. The maximum absolute atomic E-state index is 5.53. The molecule has 0 N–H and O–H groups in total. The van der Waals surface area contributed by atoms with Gasteiger partial charge in [-0.3, -0.25) is 0 Å². The first-order valence-electron chi connectivity index (χ1n) is 2.37. The molecule has 0 aromatic carbocycles. The molecule has 1 aromatic rings. The smallest absolute Gasteiger partial charge is 0.137 e. The summed E-state index contributed by atoms with van der Waals surface area (Å²) in [7, 11) is 0. The Kier molecular flexibility index (Phi) is 3.20. The van der Waals surface area contributed by atoms with Crippen LogP contribution in [0.4, 0.5) is 0 Å². The van der Waals surface area contributed by atoms with Gasteiger partial charge in [-0.1, -0.05) is 52.6 Å². The number of halogens is 3. The van der Waals surface area contributed by atoms with Gasteiger partial charge in [0.1, 0.15) is 0 Å². The van der Waals surface area contributed by atoms with Crippen molar-refractivity contribution >= 4 is 57.9 Å². The molecule has 1 aromatic heterocycles. The fourth-order valence-corrected chi connectivity index (χ4v) is 3.15. The Morgan fingerprint density at radius 1 is 1.40 bits per heavy atom. The Labute approximate surface area is 82.5 Å². The standard InChI is InChI=1S/C5H3Cl3S2/c6-5(7,8)10-4-2-1-3-9-4/h1-3H. The van der Waals surface area contributed by atoms with Crippen LogP contribution >= 0.6 is 57.9 Å². The van der Waals surface area contributed by atoms with Crippen molar-refractivity contribution in [3.8, 4) is 0 Å². The second kappa shape index (κ2) is 3.55. The van der Waals surface area contributed by atoms with E-state index in [4.69, 9.17) is 34.8 Å². The first kappa shape index (κ1) is 9.01. The predicted octanol–water partition coefficient (Wildman–Crippen LogP) is 4.17. The summed E-state index contributed by atoms with van der Waals surface area (Å²) in [6.07, 6.45) is 0. The van der Waals surface area contributed by atoms with E-state index in [1.807, 2.05) is 17.5 Å². The highest BCUT2D eigenvalue weighted by Crippen LogP contribution is 2.44. The molecule has 0 atom stereocenters. The van der Waals surface area contributed by atoms with Gasteiger partial charge in [0.25, 0.3) is 0 Å². The molecule has 10 heavy (non-hydrogen) atoms. The Morgan fingerprint density at radius 2 is 2.10 bits per heavy atom. The zero-order valence-corrected chi connectivity index (χ0v) is 8.58. The molecular weight excluding hydrogens is 231 g/mol. The summed E-state index contributed by atoms with van der Waals surface area (Å²) < 4.78 is -0.217. The summed E-state index contributed by atoms with van der Waals surface area (Å²) in [6.45, 7) is 0. The predicted molar refractivity (Wildman–Crippen MR) is 50.5 cm³/mol. The van der Waals surface area contributed by atoms with Gasteiger partial charge in [0.2, 0.25) is 3.12 Å². The number of thioether (sulfide) groups is 1. The molecule has 1 heterocycles. The maximum Gasteiger partial charge on any atom is 0.242 e. The molecule has 0 aliphatic carbocycles. The van der Waals surface area contributed by atoms with E-state index in [0.717, 1.165) is 4.21 Å². The zero-order valence-electron chi connectivity index (χ0n) is 4.68. The molecule has 0 unspecified atom stereocenters. The van der Waals surface area contributed by atoms with Gasteiger partial charge in [0, 0.05) is 0 Å². The van der Waals surface area contributed by atoms with Gasteiger partial charge in [0.15, 0.2) is 0 Å². The van der Waals surface area contributed by atoms with Crippen molar-refractivity contribution in [1.29, 1.82) is 0 Å². The fourth-order valence-electron chi connectivity index (χ4n) is 0.436. The molecule has 0 aliphatic rings. The molecule has 5 heteroatoms. The highest BCUT2D eigenvalue weighted by Gasteiger charge is 2.21. The lowest BCUT2D eigenvalue weighted by Crippen LogP contribution is -1.90. The van der Waals surface area contributed by atoms with Gasteiger partial charge in [-0.2, -0.15) is 0 Å². The average molecular weight is 234 g/mol. The molecule has 0 nitrogen and oxygen atoms in total. The van der Waals surface area contributed by atoms with Crippen LogP contribution in [-0.4, -0.2) is 3.12 Å². The molecule has 0 fully saturated rings. The second-order valence-electron chi connectivity index (χ2n) is 1.48. The minimum absolute atomic E-state index is 1.01. The third-order valence-corrected chi connectivity index (χ3v) is 3.17. The SMILES string of the molecule is ClC(Cl)(Cl)Sc1cccs1. The molecule has 56 valence electrons. The summed E-state index contributed by atoms with van der Waals surface area (Å²) in [5, 5.41) is 1.94. The average Bonchev–Trinajstić information content (AvgIpc) is 2.12. The molecule has 0 radical (unpaired) electrons. The van der Waals surface area contributed by atoms with E-state index in [1.165, 1.54) is 11.8 Å². The van der Waals surface area contributed by atoms with E-state index >= 15 is 0 Å². The lowest BCUT2D eigenvalue weighted by molar-refractivity contribution is 1.67. The van der Waals surface area contributed by atoms with Gasteiger partial charge < -0.3 is 0 Å². The van der Waals surface area contributed by atoms with Crippen LogP contribution in [0.3, 0.4) is 0 Å². The van der Waals surface area contributed by atoms with Crippen LogP contribution in [0.25, 0.3) is 0 Å². The number of hydrogen-bond acceptors (Lipinski definition) is 2. The molecule has 1 rings (SSSR count). The fraction of sp³-hybridized carbons (Fsp3) is 0.200. The van der Waals surface area contributed by atoms with Crippen molar-refractivity contribution in [2.24, 2.45) is 0 Å². The molecule has 0 saturated carbocycles. The number of thiophene rings is 1. The molecule has 0 saturated heterocycles. The zero-order chi connectivity index (χ0) is 7.61. The van der Waals surface area contributed by atoms with E-state index in [-0.39, 0.29) is 0 Å². The lowest BCUT2D eigenvalue weighted by atomic mass is 10.7. The van der Waals surface area contributed by atoms with Crippen molar-refractivity contribution < 1.29 is 0 Å². The normalized spacial score (nSPS) is 11.9. The minimum atomic E-state index is -1.23. The molecular formula is C5H3Cl3S2. The molecule has 0 spiro atoms. The van der Waals surface area contributed by atoms with Gasteiger partial charge in [-0.25, -0.2) is 0 Å². The maximum atomic E-state index is 5.53. The summed E-state index contributed by atoms with van der Waals surface area (Å²) >= 11 is 19.4. The van der Waals surface area contributed by atoms with Crippen LogP contribution < -0.4 is 0 Å². The first-order chi connectivity index (χ1) is 4.58. The van der Waals surface area contributed by atoms with Crippen molar-refractivity contribution in [3.05, 3.63) is 17.5 Å². The topological polar surface area (TPSA) is 0 Å². The summed E-state index contributed by atoms with van der Waals surface area (Å²) in [6, 6.07) is 3.83. The summed E-state index contributed by atoms with van der Waals surface area (Å²) in [5.41, 5.74) is 0. The quantitative estimate of drug-likeness (QED) is 0.518. The number of hydrogen-bond donors (Lipinski definition) is 0. The van der Waals surface area contributed by atoms with Gasteiger partial charge >= 0.3 is 0 Å². The van der Waals surface area contributed by atoms with Gasteiger partial charge in [-0.05, 0) is 11.4 Å². The third-order valence-electron chi connectivity index (χ3n) is 0.711. The van der Waals surface area contributed by atoms with Crippen molar-refractivity contribution in [3.63, 3.8) is 0 Å². The number of alkyl halides is 3. The van der Waals surface area contributed by atoms with Crippen molar-refractivity contribution in [2.75, 3.05) is 0 Å². The number of rotatable bonds is 1. The summed E-state index contributed by atoms with van der Waals surface area (Å²) in [5.74, 6) is 0. The van der Waals surface area contributed by atoms with Crippen LogP contribution in [0.15, 0.2) is 21.7 Å². The Bertz CT molecular complexity index is 189. The van der Waals surface area contributed by atoms with Crippen LogP contribution in [-0.2, 0) is 0 Å². The van der Waals surface area contributed by atoms with E-state index in [1.54, 1.807) is 11.3 Å². The third kappa shape index (κ3) is 3.35. The van der Waals surface area contributed by atoms with Crippen LogP contribution in [0.1, 0.15) is 0 Å². The highest BCUT2D eigenvalue weighted by atomic mass is 35.6. The second-order valence-corrected chi connectivity index (χ2v) is 6.90. The van der Waals surface area contributed by atoms with Gasteiger partial charge in [-0.15, -0.1) is 11.3 Å². The van der Waals surface area contributed by atoms with Crippen molar-refractivity contribution in [2.45, 2.75) is 7.33 Å². The van der Waals surface area contributed by atoms with E-state index in [9.17, 15) is 0 Å². The van der Waals surface area contributed by atoms with E-state index in [2.05, 4.69) is 0 Å². The first-order valence-corrected chi connectivity index (χ1v) is 5.20. The van der Waals surface area contributed by atoms with E-state index < -0.39 is 3.12 Å². The lowest BCUT2D eigenvalue weighted by Gasteiger charge is -2.06. The van der Waals surface area contributed by atoms with Crippen LogP contribution in [0.2, 0.25) is 0 Å². The van der Waals surface area contributed by atoms with Crippen LogP contribution in [0, 0.1) is 0 Å². The minimum Gasteiger partial charge on any atom is -0.137 e. The Morgan fingerprint density at radius 3 is 2.50 bits per heavy atom. The Hall–Kier alpha value is 0.920. The van der Waals surface area contributed by atoms with Crippen molar-refractivity contribution in [1.82, 2.24) is 0 Å². The van der Waals surface area contributed by atoms with E-state index in [0.29, 0.717) is 0 Å². The largest absolute Gasteiger partial charge is 0.242 e. The van der Waals surface area contributed by atoms with Gasteiger partial charge in [0.05, 0.1) is 4.21 Å².